The number of piperazine rings is 1. The third-order valence-electron chi connectivity index (χ3n) is 3.96. The maximum absolute atomic E-state index is 12.6. The molecule has 6 heteroatoms. The summed E-state index contributed by atoms with van der Waals surface area (Å²) < 4.78 is 5.19. The molecule has 1 aliphatic heterocycles. The Hall–Kier alpha value is -1.63. The Balaban J connectivity index is 2.17. The molecule has 0 aliphatic carbocycles. The van der Waals surface area contributed by atoms with Crippen LogP contribution in [0.25, 0.3) is 0 Å². The maximum Gasteiger partial charge on any atom is 0.244 e. The average Bonchev–Trinajstić information content (AvgIpc) is 2.52. The molecule has 116 valence electrons. The molecule has 21 heavy (non-hydrogen) atoms. The van der Waals surface area contributed by atoms with E-state index in [-0.39, 0.29) is 25.2 Å². The van der Waals surface area contributed by atoms with Gasteiger partial charge in [0.05, 0.1) is 32.4 Å². The van der Waals surface area contributed by atoms with E-state index in [2.05, 4.69) is 0 Å². The van der Waals surface area contributed by atoms with E-state index in [9.17, 15) is 15.0 Å². The van der Waals surface area contributed by atoms with E-state index < -0.39 is 6.04 Å². The lowest BCUT2D eigenvalue weighted by Gasteiger charge is -2.42. The van der Waals surface area contributed by atoms with Gasteiger partial charge in [0.25, 0.3) is 0 Å². The van der Waals surface area contributed by atoms with Gasteiger partial charge < -0.3 is 19.8 Å². The number of benzene rings is 1. The van der Waals surface area contributed by atoms with Gasteiger partial charge in [0.1, 0.15) is 5.75 Å². The molecular formula is C15H22N2O4. The highest BCUT2D eigenvalue weighted by Crippen LogP contribution is 2.25. The standard InChI is InChI=1S/C15H22N2O4/c1-11-15(20)17(7-6-16(11)13(9-18)10-19)12-4-3-5-14(8-12)21-2/h3-5,8,11,13,18-19H,6-7,9-10H2,1-2H3. The van der Waals surface area contributed by atoms with Crippen LogP contribution in [0.1, 0.15) is 6.92 Å². The second-order valence-electron chi connectivity index (χ2n) is 5.12. The summed E-state index contributed by atoms with van der Waals surface area (Å²) in [5, 5.41) is 18.6. The van der Waals surface area contributed by atoms with Crippen LogP contribution in [0.15, 0.2) is 24.3 Å². The van der Waals surface area contributed by atoms with Gasteiger partial charge in [0, 0.05) is 24.8 Å². The van der Waals surface area contributed by atoms with E-state index in [1.165, 1.54) is 0 Å². The minimum absolute atomic E-state index is 0.0404. The quantitative estimate of drug-likeness (QED) is 0.805. The number of ether oxygens (including phenoxy) is 1. The number of aliphatic hydroxyl groups excluding tert-OH is 2. The second-order valence-corrected chi connectivity index (χ2v) is 5.12. The molecule has 2 rings (SSSR count). The monoisotopic (exact) mass is 294 g/mol. The molecule has 1 fully saturated rings. The number of carbonyl (C=O) groups excluding carboxylic acids is 1. The minimum atomic E-state index is -0.392. The summed E-state index contributed by atoms with van der Waals surface area (Å²) in [5.74, 6) is 0.667. The SMILES string of the molecule is COc1cccc(N2CCN(C(CO)CO)C(C)C2=O)c1. The van der Waals surface area contributed by atoms with Crippen LogP contribution in [-0.2, 0) is 4.79 Å². The number of aliphatic hydroxyl groups is 2. The zero-order valence-electron chi connectivity index (χ0n) is 12.4. The molecule has 6 nitrogen and oxygen atoms in total. The van der Waals surface area contributed by atoms with Crippen LogP contribution in [0.2, 0.25) is 0 Å². The van der Waals surface area contributed by atoms with Crippen LogP contribution in [-0.4, -0.2) is 66.5 Å². The van der Waals surface area contributed by atoms with Gasteiger partial charge in [-0.25, -0.2) is 0 Å². The zero-order chi connectivity index (χ0) is 15.4. The van der Waals surface area contributed by atoms with E-state index in [4.69, 9.17) is 4.74 Å². The Morgan fingerprint density at radius 3 is 2.67 bits per heavy atom. The van der Waals surface area contributed by atoms with E-state index in [1.807, 2.05) is 29.2 Å². The Kier molecular flexibility index (Phi) is 5.17. The van der Waals surface area contributed by atoms with Gasteiger partial charge in [-0.1, -0.05) is 6.07 Å². The van der Waals surface area contributed by atoms with Crippen LogP contribution in [0.5, 0.6) is 5.75 Å². The van der Waals surface area contributed by atoms with Gasteiger partial charge in [-0.3, -0.25) is 9.69 Å². The fourth-order valence-corrected chi connectivity index (χ4v) is 2.69. The van der Waals surface area contributed by atoms with Crippen molar-refractivity contribution in [2.24, 2.45) is 0 Å². The van der Waals surface area contributed by atoms with Gasteiger partial charge in [-0.05, 0) is 19.1 Å². The van der Waals surface area contributed by atoms with Crippen molar-refractivity contribution in [2.45, 2.75) is 19.0 Å². The molecule has 1 amide bonds. The number of hydrogen-bond acceptors (Lipinski definition) is 5. The summed E-state index contributed by atoms with van der Waals surface area (Å²) in [6.45, 7) is 2.61. The van der Waals surface area contributed by atoms with Crippen molar-refractivity contribution in [3.63, 3.8) is 0 Å². The number of rotatable bonds is 5. The predicted molar refractivity (Wildman–Crippen MR) is 79.5 cm³/mol. The summed E-state index contributed by atoms with van der Waals surface area (Å²) in [7, 11) is 1.59. The molecule has 0 saturated carbocycles. The van der Waals surface area contributed by atoms with Crippen molar-refractivity contribution in [2.75, 3.05) is 38.3 Å². The molecule has 1 heterocycles. The van der Waals surface area contributed by atoms with Gasteiger partial charge >= 0.3 is 0 Å². The molecule has 1 saturated heterocycles. The molecule has 2 N–H and O–H groups in total. The summed E-state index contributed by atoms with van der Waals surface area (Å²) in [6, 6.07) is 6.61. The number of amides is 1. The van der Waals surface area contributed by atoms with Crippen LogP contribution >= 0.6 is 0 Å². The molecule has 0 aromatic heterocycles. The number of hydrogen-bond donors (Lipinski definition) is 2. The van der Waals surface area contributed by atoms with Gasteiger partial charge in [-0.2, -0.15) is 0 Å². The molecule has 0 bridgehead atoms. The van der Waals surface area contributed by atoms with Gasteiger partial charge in [0.2, 0.25) is 5.91 Å². The van der Waals surface area contributed by atoms with Crippen molar-refractivity contribution in [3.05, 3.63) is 24.3 Å². The first-order valence-electron chi connectivity index (χ1n) is 7.05. The lowest BCUT2D eigenvalue weighted by molar-refractivity contribution is -0.127. The first-order valence-corrected chi connectivity index (χ1v) is 7.05. The summed E-state index contributed by atoms with van der Waals surface area (Å²) in [5.41, 5.74) is 0.801. The normalized spacial score (nSPS) is 20.1. The smallest absolute Gasteiger partial charge is 0.244 e. The third-order valence-corrected chi connectivity index (χ3v) is 3.96. The predicted octanol–water partition coefficient (Wildman–Crippen LogP) is 0.0855. The fraction of sp³-hybridized carbons (Fsp3) is 0.533. The highest BCUT2D eigenvalue weighted by Gasteiger charge is 2.35. The maximum atomic E-state index is 12.6. The van der Waals surface area contributed by atoms with Crippen molar-refractivity contribution >= 4 is 11.6 Å². The lowest BCUT2D eigenvalue weighted by Crippen LogP contribution is -2.60. The largest absolute Gasteiger partial charge is 0.497 e. The van der Waals surface area contributed by atoms with Crippen molar-refractivity contribution in [1.29, 1.82) is 0 Å². The first kappa shape index (κ1) is 15.8. The number of carbonyl (C=O) groups is 1. The highest BCUT2D eigenvalue weighted by molar-refractivity contribution is 5.97. The van der Waals surface area contributed by atoms with E-state index in [1.54, 1.807) is 18.9 Å². The Morgan fingerprint density at radius 2 is 2.05 bits per heavy atom. The molecule has 0 radical (unpaired) electrons. The second kappa shape index (κ2) is 6.89. The summed E-state index contributed by atoms with van der Waals surface area (Å²) in [4.78, 5) is 16.1. The number of methoxy groups -OCH3 is 1. The molecule has 1 unspecified atom stereocenters. The van der Waals surface area contributed by atoms with Crippen molar-refractivity contribution in [3.8, 4) is 5.75 Å². The first-order chi connectivity index (χ1) is 10.1. The molecule has 1 aromatic rings. The minimum Gasteiger partial charge on any atom is -0.497 e. The molecule has 1 aromatic carbocycles. The zero-order valence-corrected chi connectivity index (χ0v) is 12.4. The van der Waals surface area contributed by atoms with Crippen molar-refractivity contribution < 1.29 is 19.7 Å². The third kappa shape index (κ3) is 3.18. The highest BCUT2D eigenvalue weighted by atomic mass is 16.5. The van der Waals surface area contributed by atoms with E-state index in [0.29, 0.717) is 18.8 Å². The van der Waals surface area contributed by atoms with E-state index in [0.717, 1.165) is 5.69 Å². The number of anilines is 1. The van der Waals surface area contributed by atoms with Crippen LogP contribution < -0.4 is 9.64 Å². The van der Waals surface area contributed by atoms with E-state index >= 15 is 0 Å². The summed E-state index contributed by atoms with van der Waals surface area (Å²) in [6.07, 6.45) is 0. The molecule has 0 spiro atoms. The van der Waals surface area contributed by atoms with Crippen LogP contribution in [0, 0.1) is 0 Å². The molecule has 1 aliphatic rings. The molecular weight excluding hydrogens is 272 g/mol. The van der Waals surface area contributed by atoms with Crippen LogP contribution in [0.4, 0.5) is 5.69 Å². The fourth-order valence-electron chi connectivity index (χ4n) is 2.69. The summed E-state index contributed by atoms with van der Waals surface area (Å²) >= 11 is 0. The number of nitrogens with zero attached hydrogens (tertiary/aromatic N) is 2. The van der Waals surface area contributed by atoms with Crippen LogP contribution in [0.3, 0.4) is 0 Å². The van der Waals surface area contributed by atoms with Crippen molar-refractivity contribution in [1.82, 2.24) is 4.90 Å². The lowest BCUT2D eigenvalue weighted by atomic mass is 10.1. The average molecular weight is 294 g/mol. The van der Waals surface area contributed by atoms with Gasteiger partial charge in [0.15, 0.2) is 0 Å². The Morgan fingerprint density at radius 1 is 1.33 bits per heavy atom. The molecule has 1 atom stereocenters. The Labute approximate surface area is 124 Å². The Bertz CT molecular complexity index is 490. The topological polar surface area (TPSA) is 73.2 Å². The van der Waals surface area contributed by atoms with Gasteiger partial charge in [-0.15, -0.1) is 0 Å².